The second-order valence-electron chi connectivity index (χ2n) is 5.92. The van der Waals surface area contributed by atoms with Crippen LogP contribution in [-0.4, -0.2) is 59.1 Å². The summed E-state index contributed by atoms with van der Waals surface area (Å²) < 4.78 is 0. The molecule has 0 bridgehead atoms. The summed E-state index contributed by atoms with van der Waals surface area (Å²) in [5.41, 5.74) is 5.69. The Morgan fingerprint density at radius 1 is 1.11 bits per heavy atom. The molecule has 110 valence electrons. The normalized spacial score (nSPS) is 27.1. The van der Waals surface area contributed by atoms with Gasteiger partial charge < -0.3 is 10.9 Å². The predicted octanol–water partition coefficient (Wildman–Crippen LogP) is 1.46. The van der Waals surface area contributed by atoms with Crippen LogP contribution in [0.25, 0.3) is 0 Å². The lowest BCUT2D eigenvalue weighted by Crippen LogP contribution is -2.55. The zero-order valence-electron chi connectivity index (χ0n) is 12.1. The molecule has 1 unspecified atom stereocenters. The topological polar surface area (TPSA) is 65.1 Å². The molecule has 1 saturated heterocycles. The van der Waals surface area contributed by atoms with Crippen LogP contribution in [0.1, 0.15) is 45.4 Å². The molecule has 1 aliphatic carbocycles. The number of hydrogen-bond acceptors (Lipinski definition) is 4. The summed E-state index contributed by atoms with van der Waals surface area (Å²) in [4.78, 5) is 4.96. The van der Waals surface area contributed by atoms with Crippen molar-refractivity contribution in [3.8, 4) is 0 Å². The molecule has 0 spiro atoms. The van der Waals surface area contributed by atoms with E-state index >= 15 is 0 Å². The zero-order valence-corrected chi connectivity index (χ0v) is 12.1. The van der Waals surface area contributed by atoms with Gasteiger partial charge in [-0.05, 0) is 19.8 Å². The Labute approximate surface area is 116 Å². The quantitative estimate of drug-likeness (QED) is 0.267. The molecule has 3 N–H and O–H groups in total. The van der Waals surface area contributed by atoms with Crippen molar-refractivity contribution in [2.75, 3.05) is 26.2 Å². The number of hydrogen-bond donors (Lipinski definition) is 2. The molecular formula is C14H28N4O. The van der Waals surface area contributed by atoms with E-state index in [0.717, 1.165) is 32.2 Å². The average molecular weight is 268 g/mol. The molecule has 2 aliphatic rings. The molecule has 2 fully saturated rings. The van der Waals surface area contributed by atoms with E-state index in [1.54, 1.807) is 0 Å². The molecule has 5 nitrogen and oxygen atoms in total. The zero-order chi connectivity index (χ0) is 13.7. The minimum atomic E-state index is 0.0429. The summed E-state index contributed by atoms with van der Waals surface area (Å²) in [6.45, 7) is 6.29. The van der Waals surface area contributed by atoms with Gasteiger partial charge in [-0.1, -0.05) is 30.8 Å². The van der Waals surface area contributed by atoms with Gasteiger partial charge in [-0.3, -0.25) is 9.80 Å². The monoisotopic (exact) mass is 268 g/mol. The first-order valence-electron chi connectivity index (χ1n) is 7.68. The van der Waals surface area contributed by atoms with Crippen molar-refractivity contribution < 1.29 is 5.21 Å². The molecule has 5 heteroatoms. The largest absolute Gasteiger partial charge is 0.409 e. The third-order valence-electron chi connectivity index (χ3n) is 4.78. The van der Waals surface area contributed by atoms with E-state index in [-0.39, 0.29) is 6.04 Å². The van der Waals surface area contributed by atoms with Gasteiger partial charge in [0.1, 0.15) is 0 Å². The highest BCUT2D eigenvalue weighted by Gasteiger charge is 2.27. The number of nitrogens with zero attached hydrogens (tertiary/aromatic N) is 3. The number of amidine groups is 1. The minimum Gasteiger partial charge on any atom is -0.409 e. The van der Waals surface area contributed by atoms with Crippen molar-refractivity contribution in [1.29, 1.82) is 0 Å². The standard InChI is InChI=1S/C14H28N4O/c1-12(14(15)16-19)17-8-10-18(11-9-17)13-6-4-2-3-5-7-13/h12-13,19H,2-11H2,1H3,(H2,15,16). The first-order chi connectivity index (χ1) is 9.22. The fourth-order valence-corrected chi connectivity index (χ4v) is 3.38. The Kier molecular flexibility index (Phi) is 5.45. The van der Waals surface area contributed by atoms with Crippen LogP contribution in [0.15, 0.2) is 5.16 Å². The number of nitrogens with two attached hydrogens (primary N) is 1. The third-order valence-corrected chi connectivity index (χ3v) is 4.78. The highest BCUT2D eigenvalue weighted by atomic mass is 16.4. The molecule has 1 saturated carbocycles. The van der Waals surface area contributed by atoms with Gasteiger partial charge in [-0.25, -0.2) is 0 Å². The maximum Gasteiger partial charge on any atom is 0.156 e. The summed E-state index contributed by atoms with van der Waals surface area (Å²) in [5, 5.41) is 11.9. The minimum absolute atomic E-state index is 0.0429. The van der Waals surface area contributed by atoms with E-state index in [0.29, 0.717) is 5.84 Å². The van der Waals surface area contributed by atoms with Gasteiger partial charge in [0.25, 0.3) is 0 Å². The van der Waals surface area contributed by atoms with Crippen LogP contribution in [-0.2, 0) is 0 Å². The second-order valence-corrected chi connectivity index (χ2v) is 5.92. The fraction of sp³-hybridized carbons (Fsp3) is 0.929. The molecule has 2 rings (SSSR count). The predicted molar refractivity (Wildman–Crippen MR) is 77.5 cm³/mol. The molecule has 1 aliphatic heterocycles. The van der Waals surface area contributed by atoms with Crippen LogP contribution in [0.5, 0.6) is 0 Å². The lowest BCUT2D eigenvalue weighted by molar-refractivity contribution is 0.0812. The van der Waals surface area contributed by atoms with Crippen molar-refractivity contribution in [2.24, 2.45) is 10.9 Å². The van der Waals surface area contributed by atoms with Crippen molar-refractivity contribution in [1.82, 2.24) is 9.80 Å². The number of piperazine rings is 1. The Balaban J connectivity index is 1.81. The lowest BCUT2D eigenvalue weighted by atomic mass is 10.1. The molecular weight excluding hydrogens is 240 g/mol. The van der Waals surface area contributed by atoms with Crippen LogP contribution in [0.3, 0.4) is 0 Å². The van der Waals surface area contributed by atoms with Gasteiger partial charge in [0.2, 0.25) is 0 Å². The summed E-state index contributed by atoms with van der Waals surface area (Å²) >= 11 is 0. The molecule has 0 amide bonds. The fourth-order valence-electron chi connectivity index (χ4n) is 3.38. The second kappa shape index (κ2) is 7.10. The average Bonchev–Trinajstić information content (AvgIpc) is 2.75. The first kappa shape index (κ1) is 14.6. The van der Waals surface area contributed by atoms with Crippen LogP contribution in [0.2, 0.25) is 0 Å². The Bertz CT molecular complexity index is 292. The number of oxime groups is 1. The van der Waals surface area contributed by atoms with E-state index in [1.165, 1.54) is 38.5 Å². The highest BCUT2D eigenvalue weighted by molar-refractivity contribution is 5.84. The van der Waals surface area contributed by atoms with Crippen LogP contribution < -0.4 is 5.73 Å². The van der Waals surface area contributed by atoms with E-state index in [9.17, 15) is 0 Å². The molecule has 19 heavy (non-hydrogen) atoms. The summed E-state index contributed by atoms with van der Waals surface area (Å²) in [5.74, 6) is 0.322. The SMILES string of the molecule is CC(C(N)=NO)N1CCN(C2CCCCCC2)CC1. The lowest BCUT2D eigenvalue weighted by Gasteiger charge is -2.41. The molecule has 1 heterocycles. The van der Waals surface area contributed by atoms with Gasteiger partial charge >= 0.3 is 0 Å². The highest BCUT2D eigenvalue weighted by Crippen LogP contribution is 2.23. The van der Waals surface area contributed by atoms with Gasteiger partial charge in [-0.2, -0.15) is 0 Å². The molecule has 0 aromatic rings. The van der Waals surface area contributed by atoms with E-state index in [4.69, 9.17) is 10.9 Å². The van der Waals surface area contributed by atoms with Gasteiger partial charge in [0.05, 0.1) is 6.04 Å². The maximum absolute atomic E-state index is 8.75. The summed E-state index contributed by atoms with van der Waals surface area (Å²) in [7, 11) is 0. The van der Waals surface area contributed by atoms with E-state index in [2.05, 4.69) is 15.0 Å². The first-order valence-corrected chi connectivity index (χ1v) is 7.68. The smallest absolute Gasteiger partial charge is 0.156 e. The van der Waals surface area contributed by atoms with Crippen molar-refractivity contribution in [2.45, 2.75) is 57.5 Å². The Morgan fingerprint density at radius 2 is 1.68 bits per heavy atom. The van der Waals surface area contributed by atoms with Gasteiger partial charge in [0, 0.05) is 32.2 Å². The van der Waals surface area contributed by atoms with Gasteiger partial charge in [-0.15, -0.1) is 0 Å². The number of rotatable bonds is 3. The van der Waals surface area contributed by atoms with Crippen molar-refractivity contribution in [3.05, 3.63) is 0 Å². The molecule has 0 aromatic heterocycles. The van der Waals surface area contributed by atoms with E-state index < -0.39 is 0 Å². The van der Waals surface area contributed by atoms with Crippen molar-refractivity contribution >= 4 is 5.84 Å². The van der Waals surface area contributed by atoms with Gasteiger partial charge in [0.15, 0.2) is 5.84 Å². The Hall–Kier alpha value is -0.810. The molecule has 0 radical (unpaired) electrons. The molecule has 0 aromatic carbocycles. The Morgan fingerprint density at radius 3 is 2.21 bits per heavy atom. The van der Waals surface area contributed by atoms with Crippen LogP contribution >= 0.6 is 0 Å². The maximum atomic E-state index is 8.75. The van der Waals surface area contributed by atoms with Crippen molar-refractivity contribution in [3.63, 3.8) is 0 Å². The summed E-state index contributed by atoms with van der Waals surface area (Å²) in [6, 6.07) is 0.838. The third kappa shape index (κ3) is 3.83. The van der Waals surface area contributed by atoms with E-state index in [1.807, 2.05) is 6.92 Å². The summed E-state index contributed by atoms with van der Waals surface area (Å²) in [6.07, 6.45) is 8.36. The van der Waals surface area contributed by atoms with Crippen LogP contribution in [0.4, 0.5) is 0 Å². The van der Waals surface area contributed by atoms with Crippen LogP contribution in [0, 0.1) is 0 Å². The molecule has 1 atom stereocenters.